The van der Waals surface area contributed by atoms with E-state index in [0.717, 1.165) is 0 Å². The zero-order valence-electron chi connectivity index (χ0n) is 6.78. The number of amides is 1. The minimum absolute atomic E-state index is 0.0110. The van der Waals surface area contributed by atoms with E-state index in [4.69, 9.17) is 5.73 Å². The molecular weight excluding hydrogens is 180 g/mol. The Morgan fingerprint density at radius 1 is 1.67 bits per heavy atom. The molecule has 0 aromatic carbocycles. The van der Waals surface area contributed by atoms with Crippen molar-refractivity contribution in [2.24, 2.45) is 17.6 Å². The number of nitrogens with one attached hydrogen (secondary N) is 1. The Balaban J connectivity index is 2.43. The average Bonchev–Trinajstić information content (AvgIpc) is 2.67. The first-order valence-electron chi connectivity index (χ1n) is 3.67. The Bertz CT molecular complexity index is 285. The van der Waals surface area contributed by atoms with E-state index < -0.39 is 15.9 Å². The van der Waals surface area contributed by atoms with Gasteiger partial charge in [0.2, 0.25) is 15.9 Å². The molecule has 0 spiro atoms. The van der Waals surface area contributed by atoms with Crippen LogP contribution in [0.25, 0.3) is 0 Å². The molecule has 0 bridgehead atoms. The summed E-state index contributed by atoms with van der Waals surface area (Å²) < 4.78 is 24.1. The highest BCUT2D eigenvalue weighted by molar-refractivity contribution is 7.89. The van der Waals surface area contributed by atoms with Crippen LogP contribution in [0.4, 0.5) is 0 Å². The molecule has 1 aliphatic rings. The highest BCUT2D eigenvalue weighted by atomic mass is 32.2. The van der Waals surface area contributed by atoms with Gasteiger partial charge in [0.25, 0.3) is 0 Å². The smallest absolute Gasteiger partial charge is 0.220 e. The summed E-state index contributed by atoms with van der Waals surface area (Å²) in [5.41, 5.74) is 4.99. The van der Waals surface area contributed by atoms with Gasteiger partial charge >= 0.3 is 0 Å². The van der Waals surface area contributed by atoms with E-state index >= 15 is 0 Å². The maximum Gasteiger partial charge on any atom is 0.220 e. The zero-order valence-corrected chi connectivity index (χ0v) is 7.60. The minimum atomic E-state index is -3.18. The van der Waals surface area contributed by atoms with E-state index in [0.29, 0.717) is 6.42 Å². The molecule has 1 saturated carbocycles. The lowest BCUT2D eigenvalue weighted by Crippen LogP contribution is -2.24. The van der Waals surface area contributed by atoms with Gasteiger partial charge in [-0.25, -0.2) is 13.1 Å². The molecule has 12 heavy (non-hydrogen) atoms. The van der Waals surface area contributed by atoms with E-state index in [1.165, 1.54) is 7.05 Å². The van der Waals surface area contributed by atoms with Gasteiger partial charge in [0, 0.05) is 5.92 Å². The Morgan fingerprint density at radius 2 is 2.25 bits per heavy atom. The molecule has 0 heterocycles. The van der Waals surface area contributed by atoms with Crippen LogP contribution in [0.3, 0.4) is 0 Å². The highest BCUT2D eigenvalue weighted by Gasteiger charge is 2.43. The molecule has 1 amide bonds. The van der Waals surface area contributed by atoms with Crippen molar-refractivity contribution in [3.05, 3.63) is 0 Å². The van der Waals surface area contributed by atoms with Crippen LogP contribution in [0.1, 0.15) is 6.42 Å². The summed E-state index contributed by atoms with van der Waals surface area (Å²) in [5.74, 6) is -0.684. The second-order valence-corrected chi connectivity index (χ2v) is 4.96. The predicted octanol–water partition coefficient (Wildman–Crippen LogP) is -1.34. The van der Waals surface area contributed by atoms with E-state index in [1.54, 1.807) is 0 Å². The molecule has 2 atom stereocenters. The SMILES string of the molecule is CNS(=O)(=O)C[C@@H]1C[C@H]1C(N)=O. The van der Waals surface area contributed by atoms with Gasteiger partial charge in [0.05, 0.1) is 5.75 Å². The lowest BCUT2D eigenvalue weighted by atomic mass is 10.3. The second-order valence-electron chi connectivity index (χ2n) is 2.99. The molecule has 0 unspecified atom stereocenters. The number of nitrogens with two attached hydrogens (primary N) is 1. The number of hydrogen-bond donors (Lipinski definition) is 2. The van der Waals surface area contributed by atoms with Crippen molar-refractivity contribution in [1.29, 1.82) is 0 Å². The van der Waals surface area contributed by atoms with Crippen LogP contribution in [0, 0.1) is 11.8 Å². The first-order chi connectivity index (χ1) is 5.46. The molecular formula is C6H12N2O3S. The van der Waals surface area contributed by atoms with Crippen molar-refractivity contribution in [2.75, 3.05) is 12.8 Å². The standard InChI is InChI=1S/C6H12N2O3S/c1-8-12(10,11)3-4-2-5(4)6(7)9/h4-5,8H,2-3H2,1H3,(H2,7,9)/t4-,5+/m0/s1. The molecule has 70 valence electrons. The minimum Gasteiger partial charge on any atom is -0.369 e. The Morgan fingerprint density at radius 3 is 2.58 bits per heavy atom. The first kappa shape index (κ1) is 9.47. The molecule has 0 radical (unpaired) electrons. The summed E-state index contributed by atoms with van der Waals surface area (Å²) in [6.07, 6.45) is 0.607. The summed E-state index contributed by atoms with van der Waals surface area (Å²) in [7, 11) is -1.82. The van der Waals surface area contributed by atoms with E-state index in [2.05, 4.69) is 4.72 Å². The van der Waals surface area contributed by atoms with Crippen LogP contribution in [-0.2, 0) is 14.8 Å². The van der Waals surface area contributed by atoms with Gasteiger partial charge in [0.15, 0.2) is 0 Å². The van der Waals surface area contributed by atoms with Crippen molar-refractivity contribution in [3.8, 4) is 0 Å². The van der Waals surface area contributed by atoms with Crippen LogP contribution in [0.5, 0.6) is 0 Å². The van der Waals surface area contributed by atoms with Gasteiger partial charge in [-0.15, -0.1) is 0 Å². The van der Waals surface area contributed by atoms with Crippen LogP contribution in [0.15, 0.2) is 0 Å². The van der Waals surface area contributed by atoms with Crippen molar-refractivity contribution in [2.45, 2.75) is 6.42 Å². The van der Waals surface area contributed by atoms with Crippen molar-refractivity contribution < 1.29 is 13.2 Å². The first-order valence-corrected chi connectivity index (χ1v) is 5.32. The summed E-state index contributed by atoms with van der Waals surface area (Å²) in [6.45, 7) is 0. The normalized spacial score (nSPS) is 28.4. The zero-order chi connectivity index (χ0) is 9.35. The molecule has 1 aliphatic carbocycles. The number of hydrogen-bond acceptors (Lipinski definition) is 3. The lowest BCUT2D eigenvalue weighted by Gasteiger charge is -1.99. The van der Waals surface area contributed by atoms with Crippen LogP contribution >= 0.6 is 0 Å². The maximum absolute atomic E-state index is 11.0. The largest absolute Gasteiger partial charge is 0.369 e. The highest BCUT2D eigenvalue weighted by Crippen LogP contribution is 2.38. The van der Waals surface area contributed by atoms with Gasteiger partial charge in [-0.3, -0.25) is 4.79 Å². The van der Waals surface area contributed by atoms with E-state index in [-0.39, 0.29) is 17.6 Å². The van der Waals surface area contributed by atoms with Crippen molar-refractivity contribution in [3.63, 3.8) is 0 Å². The number of primary amides is 1. The number of carbonyl (C=O) groups is 1. The molecule has 1 fully saturated rings. The van der Waals surface area contributed by atoms with Crippen LogP contribution in [0.2, 0.25) is 0 Å². The average molecular weight is 192 g/mol. The summed E-state index contributed by atoms with van der Waals surface area (Å²) in [5, 5.41) is 0. The fourth-order valence-corrected chi connectivity index (χ4v) is 2.24. The molecule has 1 rings (SSSR count). The van der Waals surface area contributed by atoms with E-state index in [1.807, 2.05) is 0 Å². The molecule has 3 N–H and O–H groups in total. The summed E-state index contributed by atoms with van der Waals surface area (Å²) >= 11 is 0. The van der Waals surface area contributed by atoms with Gasteiger partial charge in [0.1, 0.15) is 0 Å². The van der Waals surface area contributed by atoms with Crippen LogP contribution in [-0.4, -0.2) is 27.1 Å². The molecule has 5 nitrogen and oxygen atoms in total. The van der Waals surface area contributed by atoms with E-state index in [9.17, 15) is 13.2 Å². The summed E-state index contributed by atoms with van der Waals surface area (Å²) in [4.78, 5) is 10.6. The lowest BCUT2D eigenvalue weighted by molar-refractivity contribution is -0.119. The molecule has 0 aromatic rings. The molecule has 0 aromatic heterocycles. The molecule has 6 heteroatoms. The third-order valence-corrected chi connectivity index (χ3v) is 3.52. The van der Waals surface area contributed by atoms with Gasteiger partial charge in [-0.05, 0) is 19.4 Å². The summed E-state index contributed by atoms with van der Waals surface area (Å²) in [6, 6.07) is 0. The topological polar surface area (TPSA) is 89.3 Å². The molecule has 0 aliphatic heterocycles. The number of sulfonamides is 1. The van der Waals surface area contributed by atoms with Crippen LogP contribution < -0.4 is 10.5 Å². The van der Waals surface area contributed by atoms with Gasteiger partial charge in [-0.1, -0.05) is 0 Å². The van der Waals surface area contributed by atoms with Gasteiger partial charge in [-0.2, -0.15) is 0 Å². The monoisotopic (exact) mass is 192 g/mol. The predicted molar refractivity (Wildman–Crippen MR) is 43.6 cm³/mol. The number of carbonyl (C=O) groups excluding carboxylic acids is 1. The second kappa shape index (κ2) is 3.02. The Hall–Kier alpha value is -0.620. The Labute approximate surface area is 71.4 Å². The fourth-order valence-electron chi connectivity index (χ4n) is 1.15. The fraction of sp³-hybridized carbons (Fsp3) is 0.833. The third kappa shape index (κ3) is 2.18. The third-order valence-electron chi connectivity index (χ3n) is 2.03. The van der Waals surface area contributed by atoms with Gasteiger partial charge < -0.3 is 5.73 Å². The van der Waals surface area contributed by atoms with Crippen molar-refractivity contribution in [1.82, 2.24) is 4.72 Å². The van der Waals surface area contributed by atoms with Crippen molar-refractivity contribution >= 4 is 15.9 Å². The quantitative estimate of drug-likeness (QED) is 0.577. The molecule has 0 saturated heterocycles. The number of rotatable bonds is 4. The Kier molecular flexibility index (Phi) is 2.39. The maximum atomic E-state index is 11.0.